The minimum Gasteiger partial charge on any atom is -0.335 e. The Morgan fingerprint density at radius 3 is 2.30 bits per heavy atom. The highest BCUT2D eigenvalue weighted by Gasteiger charge is 2.38. The van der Waals surface area contributed by atoms with Crippen molar-refractivity contribution in [3.8, 4) is 11.3 Å². The molecule has 1 aromatic carbocycles. The summed E-state index contributed by atoms with van der Waals surface area (Å²) < 4.78 is 23.7. The summed E-state index contributed by atoms with van der Waals surface area (Å²) in [6.07, 6.45) is 1.19. The van der Waals surface area contributed by atoms with E-state index in [1.165, 1.54) is 11.2 Å². The van der Waals surface area contributed by atoms with E-state index in [0.29, 0.717) is 5.69 Å². The van der Waals surface area contributed by atoms with Gasteiger partial charge in [0.15, 0.2) is 15.5 Å². The first kappa shape index (κ1) is 16.1. The molecule has 23 heavy (non-hydrogen) atoms. The van der Waals surface area contributed by atoms with Gasteiger partial charge in [0.1, 0.15) is 0 Å². The number of hydrogen-bond donors (Lipinski definition) is 0. The molecule has 0 radical (unpaired) electrons. The summed E-state index contributed by atoms with van der Waals surface area (Å²) in [5.74, 6) is -0.292. The molecule has 1 amide bonds. The van der Waals surface area contributed by atoms with Crippen molar-refractivity contribution >= 4 is 31.7 Å². The molecule has 8 heteroatoms. The van der Waals surface area contributed by atoms with Gasteiger partial charge < -0.3 is 4.90 Å². The Kier molecular flexibility index (Phi) is 4.20. The van der Waals surface area contributed by atoms with Crippen LogP contribution in [0.2, 0.25) is 0 Å². The fourth-order valence-corrected chi connectivity index (χ4v) is 3.42. The normalized spacial score (nSPS) is 15.3. The molecule has 2 aromatic rings. The molecular weight excluding hydrogens is 382 g/mol. The van der Waals surface area contributed by atoms with E-state index >= 15 is 0 Å². The molecule has 0 N–H and O–H groups in total. The SMILES string of the molecule is CS(=O)(=O)C1CN(C(=O)c2ccc(-c3ccc(Br)cc3)nn2)C1. The predicted molar refractivity (Wildman–Crippen MR) is 89.7 cm³/mol. The minimum atomic E-state index is -3.09. The monoisotopic (exact) mass is 395 g/mol. The summed E-state index contributed by atoms with van der Waals surface area (Å²) in [4.78, 5) is 13.7. The van der Waals surface area contributed by atoms with E-state index in [9.17, 15) is 13.2 Å². The lowest BCUT2D eigenvalue weighted by molar-refractivity contribution is 0.0652. The Bertz CT molecular complexity index is 829. The van der Waals surface area contributed by atoms with Crippen molar-refractivity contribution in [2.75, 3.05) is 19.3 Å². The van der Waals surface area contributed by atoms with Gasteiger partial charge in [0.05, 0.1) is 10.9 Å². The molecule has 0 aliphatic carbocycles. The van der Waals surface area contributed by atoms with Crippen molar-refractivity contribution in [1.29, 1.82) is 0 Å². The molecule has 1 saturated heterocycles. The quantitative estimate of drug-likeness (QED) is 0.790. The van der Waals surface area contributed by atoms with Crippen LogP contribution in [0, 0.1) is 0 Å². The van der Waals surface area contributed by atoms with Crippen LogP contribution in [0.1, 0.15) is 10.5 Å². The number of nitrogens with zero attached hydrogens (tertiary/aromatic N) is 3. The Labute approximate surface area is 142 Å². The van der Waals surface area contributed by atoms with E-state index in [4.69, 9.17) is 0 Å². The topological polar surface area (TPSA) is 80.2 Å². The van der Waals surface area contributed by atoms with Crippen molar-refractivity contribution in [2.45, 2.75) is 5.25 Å². The molecule has 1 aromatic heterocycles. The van der Waals surface area contributed by atoms with E-state index in [1.54, 1.807) is 12.1 Å². The van der Waals surface area contributed by atoms with Crippen molar-refractivity contribution < 1.29 is 13.2 Å². The third-order valence-electron chi connectivity index (χ3n) is 3.76. The van der Waals surface area contributed by atoms with Crippen LogP contribution < -0.4 is 0 Å². The maximum absolute atomic E-state index is 12.2. The minimum absolute atomic E-state index is 0.216. The first-order valence-corrected chi connectivity index (χ1v) is 9.67. The zero-order valence-electron chi connectivity index (χ0n) is 12.3. The van der Waals surface area contributed by atoms with Gasteiger partial charge in [-0.05, 0) is 24.3 Å². The highest BCUT2D eigenvalue weighted by atomic mass is 79.9. The molecular formula is C15H14BrN3O3S. The average molecular weight is 396 g/mol. The number of aromatic nitrogens is 2. The van der Waals surface area contributed by atoms with Gasteiger partial charge in [-0.2, -0.15) is 0 Å². The lowest BCUT2D eigenvalue weighted by Gasteiger charge is -2.37. The number of hydrogen-bond acceptors (Lipinski definition) is 5. The van der Waals surface area contributed by atoms with E-state index in [1.807, 2.05) is 24.3 Å². The molecule has 6 nitrogen and oxygen atoms in total. The van der Waals surface area contributed by atoms with Crippen LogP contribution in [0.5, 0.6) is 0 Å². The predicted octanol–water partition coefficient (Wildman–Crippen LogP) is 1.78. The Morgan fingerprint density at radius 2 is 1.78 bits per heavy atom. The van der Waals surface area contributed by atoms with Crippen molar-refractivity contribution in [3.05, 3.63) is 46.6 Å². The lowest BCUT2D eigenvalue weighted by Crippen LogP contribution is -2.56. The van der Waals surface area contributed by atoms with E-state index < -0.39 is 15.1 Å². The maximum atomic E-state index is 12.2. The van der Waals surface area contributed by atoms with Crippen LogP contribution in [0.25, 0.3) is 11.3 Å². The third kappa shape index (κ3) is 3.42. The number of carbonyl (C=O) groups excluding carboxylic acids is 1. The van der Waals surface area contributed by atoms with E-state index in [2.05, 4.69) is 26.1 Å². The van der Waals surface area contributed by atoms with Crippen LogP contribution in [0.3, 0.4) is 0 Å². The smallest absolute Gasteiger partial charge is 0.274 e. The molecule has 0 saturated carbocycles. The number of carbonyl (C=O) groups is 1. The molecule has 0 unspecified atom stereocenters. The second-order valence-electron chi connectivity index (χ2n) is 5.47. The van der Waals surface area contributed by atoms with Gasteiger partial charge in [0.2, 0.25) is 0 Å². The van der Waals surface area contributed by atoms with E-state index in [0.717, 1.165) is 10.0 Å². The van der Waals surface area contributed by atoms with Crippen molar-refractivity contribution in [2.24, 2.45) is 0 Å². The van der Waals surface area contributed by atoms with E-state index in [-0.39, 0.29) is 24.7 Å². The Morgan fingerprint density at radius 1 is 1.13 bits per heavy atom. The molecule has 3 rings (SSSR count). The zero-order valence-corrected chi connectivity index (χ0v) is 14.7. The molecule has 2 heterocycles. The van der Waals surface area contributed by atoms with Crippen LogP contribution in [0.15, 0.2) is 40.9 Å². The van der Waals surface area contributed by atoms with Gasteiger partial charge in [0.25, 0.3) is 5.91 Å². The Balaban J connectivity index is 1.70. The number of sulfone groups is 1. The lowest BCUT2D eigenvalue weighted by atomic mass is 10.1. The summed E-state index contributed by atoms with van der Waals surface area (Å²) in [5.41, 5.74) is 1.80. The molecule has 1 aliphatic rings. The number of likely N-dealkylation sites (tertiary alicyclic amines) is 1. The summed E-state index contributed by atoms with van der Waals surface area (Å²) in [6, 6.07) is 11.0. The van der Waals surface area contributed by atoms with Gasteiger partial charge in [-0.15, -0.1) is 10.2 Å². The number of amides is 1. The molecule has 0 bridgehead atoms. The largest absolute Gasteiger partial charge is 0.335 e. The third-order valence-corrected chi connectivity index (χ3v) is 5.80. The van der Waals surface area contributed by atoms with Gasteiger partial charge in [-0.25, -0.2) is 8.42 Å². The molecule has 120 valence electrons. The summed E-state index contributed by atoms with van der Waals surface area (Å²) in [6.45, 7) is 0.432. The summed E-state index contributed by atoms with van der Waals surface area (Å²) in [7, 11) is -3.09. The molecule has 0 atom stereocenters. The first-order valence-electron chi connectivity index (χ1n) is 6.92. The molecule has 1 fully saturated rings. The Hall–Kier alpha value is -1.80. The van der Waals surface area contributed by atoms with Crippen molar-refractivity contribution in [1.82, 2.24) is 15.1 Å². The van der Waals surface area contributed by atoms with Crippen LogP contribution >= 0.6 is 15.9 Å². The summed E-state index contributed by atoms with van der Waals surface area (Å²) >= 11 is 3.37. The molecule has 0 spiro atoms. The maximum Gasteiger partial charge on any atom is 0.274 e. The molecule has 1 aliphatic heterocycles. The summed E-state index contributed by atoms with van der Waals surface area (Å²) in [5, 5.41) is 7.57. The first-order chi connectivity index (χ1) is 10.8. The highest BCUT2D eigenvalue weighted by molar-refractivity contribution is 9.10. The number of benzene rings is 1. The van der Waals surface area contributed by atoms with Gasteiger partial charge in [-0.3, -0.25) is 4.79 Å². The van der Waals surface area contributed by atoms with Crippen LogP contribution in [0.4, 0.5) is 0 Å². The second kappa shape index (κ2) is 6.01. The van der Waals surface area contributed by atoms with Crippen LogP contribution in [-0.2, 0) is 9.84 Å². The fourth-order valence-electron chi connectivity index (χ4n) is 2.26. The number of halogens is 1. The van der Waals surface area contributed by atoms with Crippen molar-refractivity contribution in [3.63, 3.8) is 0 Å². The van der Waals surface area contributed by atoms with Gasteiger partial charge in [0, 0.05) is 29.4 Å². The highest BCUT2D eigenvalue weighted by Crippen LogP contribution is 2.21. The fraction of sp³-hybridized carbons (Fsp3) is 0.267. The van der Waals surface area contributed by atoms with Gasteiger partial charge >= 0.3 is 0 Å². The van der Waals surface area contributed by atoms with Crippen LogP contribution in [-0.4, -0.2) is 54.0 Å². The standard InChI is InChI=1S/C15H14BrN3O3S/c1-23(21,22)12-8-19(9-12)15(20)14-7-6-13(17-18-14)10-2-4-11(16)5-3-10/h2-7,12H,8-9H2,1H3. The average Bonchev–Trinajstić information content (AvgIpc) is 2.45. The zero-order chi connectivity index (χ0) is 16.6. The number of rotatable bonds is 3. The second-order valence-corrected chi connectivity index (χ2v) is 8.71. The van der Waals surface area contributed by atoms with Gasteiger partial charge in [-0.1, -0.05) is 28.1 Å².